The summed E-state index contributed by atoms with van der Waals surface area (Å²) in [4.78, 5) is 4.35. The van der Waals surface area contributed by atoms with Gasteiger partial charge in [-0.1, -0.05) is 40.1 Å². The standard InChI is InChI=1S/C13H16BrN3O/c1-2-11(15)8-13-16-12(17-18-13)7-9-4-3-5-10(14)6-9/h3-6,11H,2,7-8,15H2,1H3. The molecule has 1 heterocycles. The molecule has 0 aliphatic carbocycles. The van der Waals surface area contributed by atoms with Crippen LogP contribution in [0.2, 0.25) is 0 Å². The van der Waals surface area contributed by atoms with Crippen molar-refractivity contribution in [2.75, 3.05) is 0 Å². The first-order chi connectivity index (χ1) is 8.67. The minimum Gasteiger partial charge on any atom is -0.339 e. The molecule has 18 heavy (non-hydrogen) atoms. The highest BCUT2D eigenvalue weighted by molar-refractivity contribution is 9.10. The fraction of sp³-hybridized carbons (Fsp3) is 0.385. The second-order valence-electron chi connectivity index (χ2n) is 4.28. The van der Waals surface area contributed by atoms with Crippen molar-refractivity contribution in [3.63, 3.8) is 0 Å². The van der Waals surface area contributed by atoms with E-state index in [1.165, 1.54) is 0 Å². The number of aromatic nitrogens is 2. The van der Waals surface area contributed by atoms with E-state index < -0.39 is 0 Å². The van der Waals surface area contributed by atoms with E-state index in [-0.39, 0.29) is 6.04 Å². The first kappa shape index (κ1) is 13.2. The van der Waals surface area contributed by atoms with Crippen LogP contribution in [0, 0.1) is 0 Å². The van der Waals surface area contributed by atoms with E-state index in [4.69, 9.17) is 10.3 Å². The maximum absolute atomic E-state index is 5.85. The predicted molar refractivity (Wildman–Crippen MR) is 73.2 cm³/mol. The summed E-state index contributed by atoms with van der Waals surface area (Å²) < 4.78 is 6.24. The third-order valence-corrected chi connectivity index (χ3v) is 3.22. The number of nitrogens with zero attached hydrogens (tertiary/aromatic N) is 2. The Morgan fingerprint density at radius 1 is 1.44 bits per heavy atom. The monoisotopic (exact) mass is 309 g/mol. The number of hydrogen-bond donors (Lipinski definition) is 1. The molecule has 5 heteroatoms. The zero-order chi connectivity index (χ0) is 13.0. The normalized spacial score (nSPS) is 12.6. The smallest absolute Gasteiger partial charge is 0.228 e. The molecule has 0 saturated heterocycles. The second kappa shape index (κ2) is 6.11. The SMILES string of the molecule is CCC(N)Cc1nc(Cc2cccc(Br)c2)no1. The van der Waals surface area contributed by atoms with Crippen LogP contribution in [0.3, 0.4) is 0 Å². The molecule has 96 valence electrons. The van der Waals surface area contributed by atoms with Crippen LogP contribution >= 0.6 is 15.9 Å². The molecule has 1 atom stereocenters. The Hall–Kier alpha value is -1.20. The molecule has 1 unspecified atom stereocenters. The van der Waals surface area contributed by atoms with Gasteiger partial charge >= 0.3 is 0 Å². The Morgan fingerprint density at radius 3 is 3.00 bits per heavy atom. The average molecular weight is 310 g/mol. The molecule has 0 aliphatic rings. The van der Waals surface area contributed by atoms with Crippen molar-refractivity contribution in [3.8, 4) is 0 Å². The molecule has 2 rings (SSSR count). The maximum atomic E-state index is 5.85. The van der Waals surface area contributed by atoms with Gasteiger partial charge in [-0.3, -0.25) is 0 Å². The van der Waals surface area contributed by atoms with Gasteiger partial charge in [0.1, 0.15) is 0 Å². The van der Waals surface area contributed by atoms with Crippen molar-refractivity contribution in [2.45, 2.75) is 32.2 Å². The third-order valence-electron chi connectivity index (χ3n) is 2.72. The highest BCUT2D eigenvalue weighted by Crippen LogP contribution is 2.14. The van der Waals surface area contributed by atoms with Crippen LogP contribution in [-0.2, 0) is 12.8 Å². The number of halogens is 1. The Labute approximate surface area is 115 Å². The molecule has 0 aliphatic heterocycles. The van der Waals surface area contributed by atoms with Crippen LogP contribution in [0.1, 0.15) is 30.6 Å². The lowest BCUT2D eigenvalue weighted by Crippen LogP contribution is -2.21. The zero-order valence-corrected chi connectivity index (χ0v) is 11.9. The Bertz CT molecular complexity index is 512. The lowest BCUT2D eigenvalue weighted by molar-refractivity contribution is 0.363. The van der Waals surface area contributed by atoms with Crippen LogP contribution in [0.4, 0.5) is 0 Å². The summed E-state index contributed by atoms with van der Waals surface area (Å²) in [5.41, 5.74) is 7.00. The zero-order valence-electron chi connectivity index (χ0n) is 10.3. The van der Waals surface area contributed by atoms with Crippen molar-refractivity contribution >= 4 is 15.9 Å². The van der Waals surface area contributed by atoms with Gasteiger partial charge in [0.05, 0.1) is 0 Å². The van der Waals surface area contributed by atoms with E-state index in [1.54, 1.807) is 0 Å². The molecule has 1 aromatic carbocycles. The van der Waals surface area contributed by atoms with E-state index in [1.807, 2.05) is 31.2 Å². The lowest BCUT2D eigenvalue weighted by atomic mass is 10.1. The van der Waals surface area contributed by atoms with Gasteiger partial charge < -0.3 is 10.3 Å². The molecule has 2 N–H and O–H groups in total. The molecular formula is C13H16BrN3O. The molecular weight excluding hydrogens is 294 g/mol. The molecule has 4 nitrogen and oxygen atoms in total. The van der Waals surface area contributed by atoms with E-state index in [0.29, 0.717) is 24.6 Å². The highest BCUT2D eigenvalue weighted by Gasteiger charge is 2.10. The van der Waals surface area contributed by atoms with Gasteiger partial charge in [-0.2, -0.15) is 4.98 Å². The third kappa shape index (κ3) is 3.65. The molecule has 1 aromatic heterocycles. The van der Waals surface area contributed by atoms with Gasteiger partial charge in [-0.15, -0.1) is 0 Å². The summed E-state index contributed by atoms with van der Waals surface area (Å²) in [7, 11) is 0. The van der Waals surface area contributed by atoms with Crippen LogP contribution in [-0.4, -0.2) is 16.2 Å². The second-order valence-corrected chi connectivity index (χ2v) is 5.20. The van der Waals surface area contributed by atoms with E-state index in [9.17, 15) is 0 Å². The Morgan fingerprint density at radius 2 is 2.28 bits per heavy atom. The minimum absolute atomic E-state index is 0.0872. The molecule has 2 aromatic rings. The van der Waals surface area contributed by atoms with Gasteiger partial charge in [0.25, 0.3) is 0 Å². The first-order valence-electron chi connectivity index (χ1n) is 5.99. The van der Waals surface area contributed by atoms with Crippen LogP contribution < -0.4 is 5.73 Å². The quantitative estimate of drug-likeness (QED) is 0.922. The molecule has 0 spiro atoms. The van der Waals surface area contributed by atoms with Crippen LogP contribution in [0.25, 0.3) is 0 Å². The summed E-state index contributed by atoms with van der Waals surface area (Å²) in [6.07, 6.45) is 2.22. The molecule has 0 bridgehead atoms. The fourth-order valence-electron chi connectivity index (χ4n) is 1.64. The number of benzene rings is 1. The predicted octanol–water partition coefficient (Wildman–Crippen LogP) is 2.70. The van der Waals surface area contributed by atoms with Crippen molar-refractivity contribution in [2.24, 2.45) is 5.73 Å². The van der Waals surface area contributed by atoms with Gasteiger partial charge in [0, 0.05) is 23.4 Å². The van der Waals surface area contributed by atoms with Crippen molar-refractivity contribution in [1.29, 1.82) is 0 Å². The average Bonchev–Trinajstić information content (AvgIpc) is 2.76. The van der Waals surface area contributed by atoms with Gasteiger partial charge in [0.2, 0.25) is 5.89 Å². The Kier molecular flexibility index (Phi) is 4.49. The van der Waals surface area contributed by atoms with E-state index >= 15 is 0 Å². The first-order valence-corrected chi connectivity index (χ1v) is 6.78. The van der Waals surface area contributed by atoms with Crippen LogP contribution in [0.15, 0.2) is 33.3 Å². The minimum atomic E-state index is 0.0872. The number of rotatable bonds is 5. The molecule has 0 fully saturated rings. The van der Waals surface area contributed by atoms with Crippen molar-refractivity contribution in [3.05, 3.63) is 46.0 Å². The number of hydrogen-bond acceptors (Lipinski definition) is 4. The summed E-state index contributed by atoms with van der Waals surface area (Å²) in [6.45, 7) is 2.05. The molecule has 0 amide bonds. The van der Waals surface area contributed by atoms with Gasteiger partial charge in [-0.05, 0) is 24.1 Å². The summed E-state index contributed by atoms with van der Waals surface area (Å²) in [5.74, 6) is 1.32. The maximum Gasteiger partial charge on any atom is 0.228 e. The molecule has 0 saturated carbocycles. The van der Waals surface area contributed by atoms with Crippen LogP contribution in [0.5, 0.6) is 0 Å². The largest absolute Gasteiger partial charge is 0.339 e. The van der Waals surface area contributed by atoms with Gasteiger partial charge in [0.15, 0.2) is 5.82 Å². The Balaban J connectivity index is 2.02. The topological polar surface area (TPSA) is 64.9 Å². The highest BCUT2D eigenvalue weighted by atomic mass is 79.9. The van der Waals surface area contributed by atoms with Crippen molar-refractivity contribution < 1.29 is 4.52 Å². The lowest BCUT2D eigenvalue weighted by Gasteiger charge is -2.02. The summed E-state index contributed by atoms with van der Waals surface area (Å²) >= 11 is 3.44. The number of nitrogens with two attached hydrogens (primary N) is 1. The van der Waals surface area contributed by atoms with Gasteiger partial charge in [-0.25, -0.2) is 0 Å². The van der Waals surface area contributed by atoms with Crippen molar-refractivity contribution in [1.82, 2.24) is 10.1 Å². The fourth-order valence-corrected chi connectivity index (χ4v) is 2.09. The summed E-state index contributed by atoms with van der Waals surface area (Å²) in [6, 6.07) is 8.16. The van der Waals surface area contributed by atoms with E-state index in [2.05, 4.69) is 26.1 Å². The summed E-state index contributed by atoms with van der Waals surface area (Å²) in [5, 5.41) is 3.97. The van der Waals surface area contributed by atoms with E-state index in [0.717, 1.165) is 16.5 Å². The molecule has 0 radical (unpaired) electrons.